The Kier molecular flexibility index (Phi) is 5.81. The van der Waals surface area contributed by atoms with Gasteiger partial charge in [0.15, 0.2) is 0 Å². The Morgan fingerprint density at radius 2 is 1.91 bits per heavy atom. The molecule has 0 radical (unpaired) electrons. The van der Waals surface area contributed by atoms with Gasteiger partial charge in [0, 0.05) is 24.7 Å². The first-order chi connectivity index (χ1) is 10.9. The molecular weight excluding hydrogens is 312 g/mol. The van der Waals surface area contributed by atoms with Gasteiger partial charge in [-0.2, -0.15) is 4.31 Å². The average molecular weight is 338 g/mol. The Labute approximate surface area is 139 Å². The van der Waals surface area contributed by atoms with Gasteiger partial charge in [-0.15, -0.1) is 0 Å². The minimum atomic E-state index is -3.49. The fourth-order valence-electron chi connectivity index (χ4n) is 2.65. The van der Waals surface area contributed by atoms with Crippen molar-refractivity contribution in [2.24, 2.45) is 5.92 Å². The SMILES string of the molecule is CCC(C)C(=O)Nc1ccc(C)c(S(=O)(=O)N2CCCCC2)c1. The number of benzene rings is 1. The van der Waals surface area contributed by atoms with Crippen molar-refractivity contribution in [3.63, 3.8) is 0 Å². The van der Waals surface area contributed by atoms with Crippen LogP contribution in [0.1, 0.15) is 45.1 Å². The van der Waals surface area contributed by atoms with Crippen molar-refractivity contribution in [3.8, 4) is 0 Å². The summed E-state index contributed by atoms with van der Waals surface area (Å²) in [6.07, 6.45) is 3.64. The van der Waals surface area contributed by atoms with Gasteiger partial charge in [0.25, 0.3) is 0 Å². The summed E-state index contributed by atoms with van der Waals surface area (Å²) >= 11 is 0. The summed E-state index contributed by atoms with van der Waals surface area (Å²) in [4.78, 5) is 12.3. The largest absolute Gasteiger partial charge is 0.326 e. The van der Waals surface area contributed by atoms with E-state index in [2.05, 4.69) is 5.32 Å². The summed E-state index contributed by atoms with van der Waals surface area (Å²) < 4.78 is 27.3. The van der Waals surface area contributed by atoms with E-state index < -0.39 is 10.0 Å². The third-order valence-corrected chi connectivity index (χ3v) is 6.49. The van der Waals surface area contributed by atoms with Crippen molar-refractivity contribution in [2.75, 3.05) is 18.4 Å². The van der Waals surface area contributed by atoms with Gasteiger partial charge in [0.1, 0.15) is 0 Å². The Hall–Kier alpha value is -1.40. The van der Waals surface area contributed by atoms with Crippen LogP contribution in [0, 0.1) is 12.8 Å². The van der Waals surface area contributed by atoms with Crippen LogP contribution in [0.4, 0.5) is 5.69 Å². The summed E-state index contributed by atoms with van der Waals surface area (Å²) in [5.41, 5.74) is 1.24. The van der Waals surface area contributed by atoms with Crippen molar-refractivity contribution < 1.29 is 13.2 Å². The lowest BCUT2D eigenvalue weighted by Gasteiger charge is -2.26. The van der Waals surface area contributed by atoms with E-state index in [1.807, 2.05) is 13.8 Å². The molecule has 2 rings (SSSR count). The molecule has 0 spiro atoms. The molecule has 1 heterocycles. The molecule has 1 aromatic rings. The van der Waals surface area contributed by atoms with Crippen LogP contribution in [0.5, 0.6) is 0 Å². The molecule has 0 saturated carbocycles. The van der Waals surface area contributed by atoms with E-state index in [0.29, 0.717) is 29.2 Å². The predicted octanol–water partition coefficient (Wildman–Crippen LogP) is 3.15. The highest BCUT2D eigenvalue weighted by molar-refractivity contribution is 7.89. The Balaban J connectivity index is 2.28. The van der Waals surface area contributed by atoms with E-state index >= 15 is 0 Å². The molecule has 1 amide bonds. The van der Waals surface area contributed by atoms with Gasteiger partial charge in [-0.25, -0.2) is 8.42 Å². The third kappa shape index (κ3) is 4.12. The van der Waals surface area contributed by atoms with Crippen molar-refractivity contribution in [1.82, 2.24) is 4.31 Å². The van der Waals surface area contributed by atoms with E-state index in [1.54, 1.807) is 29.4 Å². The molecule has 1 atom stereocenters. The molecule has 1 aliphatic heterocycles. The summed E-state index contributed by atoms with van der Waals surface area (Å²) in [6.45, 7) is 6.74. The lowest BCUT2D eigenvalue weighted by molar-refractivity contribution is -0.119. The van der Waals surface area contributed by atoms with Crippen LogP contribution in [0.2, 0.25) is 0 Å². The fraction of sp³-hybridized carbons (Fsp3) is 0.588. The lowest BCUT2D eigenvalue weighted by atomic mass is 10.1. The number of carbonyl (C=O) groups excluding carboxylic acids is 1. The first-order valence-corrected chi connectivity index (χ1v) is 9.72. The second kappa shape index (κ2) is 7.45. The number of amides is 1. The topological polar surface area (TPSA) is 66.5 Å². The number of nitrogens with zero attached hydrogens (tertiary/aromatic N) is 1. The minimum Gasteiger partial charge on any atom is -0.326 e. The molecule has 1 aromatic carbocycles. The zero-order valence-corrected chi connectivity index (χ0v) is 14.9. The van der Waals surface area contributed by atoms with Crippen LogP contribution >= 0.6 is 0 Å². The fourth-order valence-corrected chi connectivity index (χ4v) is 4.42. The number of hydrogen-bond acceptors (Lipinski definition) is 3. The zero-order chi connectivity index (χ0) is 17.0. The maximum atomic E-state index is 12.8. The molecule has 5 nitrogen and oxygen atoms in total. The number of aryl methyl sites for hydroxylation is 1. The van der Waals surface area contributed by atoms with E-state index in [0.717, 1.165) is 25.7 Å². The standard InChI is InChI=1S/C17H26N2O3S/c1-4-13(2)17(20)18-15-9-8-14(3)16(12-15)23(21,22)19-10-6-5-7-11-19/h8-9,12-13H,4-7,10-11H2,1-3H3,(H,18,20). The monoisotopic (exact) mass is 338 g/mol. The molecule has 23 heavy (non-hydrogen) atoms. The molecule has 1 unspecified atom stereocenters. The smallest absolute Gasteiger partial charge is 0.243 e. The van der Waals surface area contributed by atoms with Gasteiger partial charge in [0.05, 0.1) is 4.90 Å². The van der Waals surface area contributed by atoms with Gasteiger partial charge in [-0.3, -0.25) is 4.79 Å². The molecule has 1 fully saturated rings. The normalized spacial score (nSPS) is 17.7. The second-order valence-electron chi connectivity index (χ2n) is 6.24. The summed E-state index contributed by atoms with van der Waals surface area (Å²) in [7, 11) is -3.49. The van der Waals surface area contributed by atoms with Crippen LogP contribution in [0.3, 0.4) is 0 Å². The quantitative estimate of drug-likeness (QED) is 0.897. The lowest BCUT2D eigenvalue weighted by Crippen LogP contribution is -2.36. The third-order valence-electron chi connectivity index (χ3n) is 4.45. The highest BCUT2D eigenvalue weighted by Gasteiger charge is 2.27. The van der Waals surface area contributed by atoms with Gasteiger partial charge in [-0.1, -0.05) is 26.3 Å². The molecule has 1 aliphatic rings. The summed E-state index contributed by atoms with van der Waals surface area (Å²) in [5, 5.41) is 2.81. The highest BCUT2D eigenvalue weighted by atomic mass is 32.2. The molecular formula is C17H26N2O3S. The number of anilines is 1. The molecule has 1 saturated heterocycles. The van der Waals surface area contributed by atoms with Gasteiger partial charge < -0.3 is 5.32 Å². The number of carbonyl (C=O) groups is 1. The number of hydrogen-bond donors (Lipinski definition) is 1. The Morgan fingerprint density at radius 1 is 1.26 bits per heavy atom. The van der Waals surface area contributed by atoms with Crippen LogP contribution in [-0.2, 0) is 14.8 Å². The molecule has 128 valence electrons. The van der Waals surface area contributed by atoms with E-state index in [9.17, 15) is 13.2 Å². The van der Waals surface area contributed by atoms with Crippen molar-refractivity contribution in [1.29, 1.82) is 0 Å². The Morgan fingerprint density at radius 3 is 2.52 bits per heavy atom. The van der Waals surface area contributed by atoms with Crippen molar-refractivity contribution in [3.05, 3.63) is 23.8 Å². The van der Waals surface area contributed by atoms with Crippen LogP contribution in [0.15, 0.2) is 23.1 Å². The Bertz CT molecular complexity index is 664. The summed E-state index contributed by atoms with van der Waals surface area (Å²) in [6, 6.07) is 5.09. The predicted molar refractivity (Wildman–Crippen MR) is 91.9 cm³/mol. The van der Waals surface area contributed by atoms with E-state index in [4.69, 9.17) is 0 Å². The molecule has 0 bridgehead atoms. The first kappa shape index (κ1) is 17.9. The number of rotatable bonds is 5. The molecule has 1 N–H and O–H groups in total. The summed E-state index contributed by atoms with van der Waals surface area (Å²) in [5.74, 6) is -0.184. The van der Waals surface area contributed by atoms with Crippen LogP contribution < -0.4 is 5.32 Å². The molecule has 0 aromatic heterocycles. The van der Waals surface area contributed by atoms with Gasteiger partial charge >= 0.3 is 0 Å². The number of sulfonamides is 1. The maximum Gasteiger partial charge on any atom is 0.243 e. The second-order valence-corrected chi connectivity index (χ2v) is 8.15. The van der Waals surface area contributed by atoms with E-state index in [-0.39, 0.29) is 11.8 Å². The number of nitrogens with one attached hydrogen (secondary N) is 1. The maximum absolute atomic E-state index is 12.8. The molecule has 6 heteroatoms. The highest BCUT2D eigenvalue weighted by Crippen LogP contribution is 2.26. The average Bonchev–Trinajstić information content (AvgIpc) is 2.56. The first-order valence-electron chi connectivity index (χ1n) is 8.28. The van der Waals surface area contributed by atoms with Crippen LogP contribution in [-0.4, -0.2) is 31.7 Å². The van der Waals surface area contributed by atoms with Crippen molar-refractivity contribution >= 4 is 21.6 Å². The van der Waals surface area contributed by atoms with E-state index in [1.165, 1.54) is 0 Å². The zero-order valence-electron chi connectivity index (χ0n) is 14.1. The van der Waals surface area contributed by atoms with Crippen molar-refractivity contribution in [2.45, 2.75) is 51.3 Å². The minimum absolute atomic E-state index is 0.0855. The van der Waals surface area contributed by atoms with Gasteiger partial charge in [0.2, 0.25) is 15.9 Å². The number of piperidine rings is 1. The molecule has 0 aliphatic carbocycles. The van der Waals surface area contributed by atoms with Crippen LogP contribution in [0.25, 0.3) is 0 Å². The van der Waals surface area contributed by atoms with Gasteiger partial charge in [-0.05, 0) is 43.9 Å².